The zero-order chi connectivity index (χ0) is 17.4. The topological polar surface area (TPSA) is 65.5 Å². The lowest BCUT2D eigenvalue weighted by molar-refractivity contribution is 0.0511. The summed E-state index contributed by atoms with van der Waals surface area (Å²) >= 11 is 0. The maximum Gasteiger partial charge on any atom is 0.356 e. The third-order valence-corrected chi connectivity index (χ3v) is 3.40. The number of pyridine rings is 1. The summed E-state index contributed by atoms with van der Waals surface area (Å²) < 4.78 is 9.97. The first-order chi connectivity index (χ1) is 11.6. The lowest BCUT2D eigenvalue weighted by atomic mass is 10.0. The summed E-state index contributed by atoms with van der Waals surface area (Å²) in [6.07, 6.45) is 1.49. The lowest BCUT2D eigenvalue weighted by Crippen LogP contribution is -2.14. The van der Waals surface area contributed by atoms with Crippen molar-refractivity contribution in [1.29, 1.82) is 0 Å². The Morgan fingerprint density at radius 2 is 1.33 bits per heavy atom. The van der Waals surface area contributed by atoms with Gasteiger partial charge in [0.1, 0.15) is 11.4 Å². The Labute approximate surface area is 141 Å². The minimum Gasteiger partial charge on any atom is -0.461 e. The molecule has 1 aromatic heterocycles. The standard InChI is InChI=1S/C19H21NO4/c1-3-23-18(21)16-12-15(11-10-14-8-6-5-7-9-14)13-17(20-16)19(22)24-4-2/h5-9,12-13H,3-4,10-11H2,1-2H3. The molecule has 0 saturated carbocycles. The summed E-state index contributed by atoms with van der Waals surface area (Å²) in [4.78, 5) is 28.0. The third-order valence-electron chi connectivity index (χ3n) is 3.40. The van der Waals surface area contributed by atoms with Crippen LogP contribution in [0.2, 0.25) is 0 Å². The highest BCUT2D eigenvalue weighted by atomic mass is 16.5. The van der Waals surface area contributed by atoms with Gasteiger partial charge in [0.2, 0.25) is 0 Å². The average molecular weight is 327 g/mol. The van der Waals surface area contributed by atoms with Gasteiger partial charge in [0, 0.05) is 0 Å². The quantitative estimate of drug-likeness (QED) is 0.731. The maximum absolute atomic E-state index is 12.0. The van der Waals surface area contributed by atoms with Gasteiger partial charge in [-0.2, -0.15) is 0 Å². The number of rotatable bonds is 7. The fourth-order valence-corrected chi connectivity index (χ4v) is 2.28. The molecule has 2 aromatic rings. The molecule has 0 aliphatic heterocycles. The molecule has 5 nitrogen and oxygen atoms in total. The van der Waals surface area contributed by atoms with Gasteiger partial charge in [-0.25, -0.2) is 14.6 Å². The van der Waals surface area contributed by atoms with E-state index in [0.717, 1.165) is 12.0 Å². The number of ether oxygens (including phenoxy) is 2. The number of hydrogen-bond acceptors (Lipinski definition) is 5. The van der Waals surface area contributed by atoms with E-state index >= 15 is 0 Å². The van der Waals surface area contributed by atoms with E-state index in [1.54, 1.807) is 26.0 Å². The van der Waals surface area contributed by atoms with E-state index in [9.17, 15) is 9.59 Å². The van der Waals surface area contributed by atoms with Crippen molar-refractivity contribution in [1.82, 2.24) is 4.98 Å². The van der Waals surface area contributed by atoms with E-state index in [1.807, 2.05) is 30.3 Å². The summed E-state index contributed by atoms with van der Waals surface area (Å²) in [5, 5.41) is 0. The van der Waals surface area contributed by atoms with Crippen LogP contribution in [0.25, 0.3) is 0 Å². The molecule has 0 aliphatic carbocycles. The summed E-state index contributed by atoms with van der Waals surface area (Å²) in [7, 11) is 0. The molecule has 2 rings (SSSR count). The van der Waals surface area contributed by atoms with Crippen LogP contribution in [0.5, 0.6) is 0 Å². The average Bonchev–Trinajstić information content (AvgIpc) is 2.61. The minimum atomic E-state index is -0.537. The van der Waals surface area contributed by atoms with Gasteiger partial charge in [-0.3, -0.25) is 0 Å². The number of aromatic nitrogens is 1. The highest BCUT2D eigenvalue weighted by Crippen LogP contribution is 2.13. The van der Waals surface area contributed by atoms with Gasteiger partial charge in [-0.1, -0.05) is 30.3 Å². The van der Waals surface area contributed by atoms with Crippen molar-refractivity contribution in [2.45, 2.75) is 26.7 Å². The Kier molecular flexibility index (Phi) is 6.49. The van der Waals surface area contributed by atoms with Gasteiger partial charge in [0.25, 0.3) is 0 Å². The monoisotopic (exact) mass is 327 g/mol. The first-order valence-corrected chi connectivity index (χ1v) is 8.03. The fraction of sp³-hybridized carbons (Fsp3) is 0.316. The molecule has 0 spiro atoms. The highest BCUT2D eigenvalue weighted by Gasteiger charge is 2.16. The van der Waals surface area contributed by atoms with Gasteiger partial charge in [-0.05, 0) is 49.9 Å². The van der Waals surface area contributed by atoms with Crippen LogP contribution in [0.4, 0.5) is 0 Å². The van der Waals surface area contributed by atoms with Crippen LogP contribution in [0, 0.1) is 0 Å². The van der Waals surface area contributed by atoms with E-state index in [2.05, 4.69) is 4.98 Å². The molecule has 24 heavy (non-hydrogen) atoms. The van der Waals surface area contributed by atoms with Crippen molar-refractivity contribution in [3.05, 3.63) is 65.0 Å². The predicted molar refractivity (Wildman–Crippen MR) is 90.0 cm³/mol. The minimum absolute atomic E-state index is 0.130. The molecule has 0 fully saturated rings. The summed E-state index contributed by atoms with van der Waals surface area (Å²) in [6, 6.07) is 13.4. The molecular formula is C19H21NO4. The molecule has 0 unspecified atom stereocenters. The molecule has 1 heterocycles. The number of aryl methyl sites for hydroxylation is 2. The number of nitrogens with zero attached hydrogens (tertiary/aromatic N) is 1. The summed E-state index contributed by atoms with van der Waals surface area (Å²) in [5.41, 5.74) is 2.29. The largest absolute Gasteiger partial charge is 0.461 e. The third kappa shape index (κ3) is 4.91. The molecule has 0 radical (unpaired) electrons. The van der Waals surface area contributed by atoms with Crippen LogP contribution >= 0.6 is 0 Å². The van der Waals surface area contributed by atoms with Crippen LogP contribution in [0.15, 0.2) is 42.5 Å². The molecule has 0 saturated heterocycles. The number of esters is 2. The Morgan fingerprint density at radius 1 is 0.833 bits per heavy atom. The van der Waals surface area contributed by atoms with E-state index in [4.69, 9.17) is 9.47 Å². The molecule has 0 amide bonds. The molecule has 5 heteroatoms. The molecule has 126 valence electrons. The van der Waals surface area contributed by atoms with Crippen molar-refractivity contribution < 1.29 is 19.1 Å². The van der Waals surface area contributed by atoms with Gasteiger partial charge in [0.15, 0.2) is 0 Å². The summed E-state index contributed by atoms with van der Waals surface area (Å²) in [5.74, 6) is -1.07. The second-order valence-electron chi connectivity index (χ2n) is 5.17. The van der Waals surface area contributed by atoms with Crippen molar-refractivity contribution in [3.63, 3.8) is 0 Å². The van der Waals surface area contributed by atoms with E-state index < -0.39 is 11.9 Å². The van der Waals surface area contributed by atoms with Gasteiger partial charge in [0.05, 0.1) is 13.2 Å². The first-order valence-electron chi connectivity index (χ1n) is 8.03. The Bertz CT molecular complexity index is 662. The predicted octanol–water partition coefficient (Wildman–Crippen LogP) is 3.22. The smallest absolute Gasteiger partial charge is 0.356 e. The Balaban J connectivity index is 2.24. The Hall–Kier alpha value is -2.69. The second-order valence-corrected chi connectivity index (χ2v) is 5.17. The first kappa shape index (κ1) is 17.7. The van der Waals surface area contributed by atoms with Crippen LogP contribution in [0.3, 0.4) is 0 Å². The maximum atomic E-state index is 12.0. The fourth-order valence-electron chi connectivity index (χ4n) is 2.28. The van der Waals surface area contributed by atoms with Crippen molar-refractivity contribution in [2.75, 3.05) is 13.2 Å². The van der Waals surface area contributed by atoms with Crippen LogP contribution in [0.1, 0.15) is 46.0 Å². The van der Waals surface area contributed by atoms with Crippen LogP contribution < -0.4 is 0 Å². The second kappa shape index (κ2) is 8.82. The number of benzene rings is 1. The molecule has 0 bridgehead atoms. The zero-order valence-electron chi connectivity index (χ0n) is 14.0. The highest BCUT2D eigenvalue weighted by molar-refractivity contribution is 5.92. The SMILES string of the molecule is CCOC(=O)c1cc(CCc2ccccc2)cc(C(=O)OCC)n1. The molecule has 0 N–H and O–H groups in total. The van der Waals surface area contributed by atoms with Crippen molar-refractivity contribution in [2.24, 2.45) is 0 Å². The van der Waals surface area contributed by atoms with Gasteiger partial charge >= 0.3 is 11.9 Å². The van der Waals surface area contributed by atoms with E-state index in [1.165, 1.54) is 5.56 Å². The van der Waals surface area contributed by atoms with Crippen molar-refractivity contribution in [3.8, 4) is 0 Å². The van der Waals surface area contributed by atoms with E-state index in [-0.39, 0.29) is 24.6 Å². The number of carbonyl (C=O) groups excluding carboxylic acids is 2. The molecule has 0 atom stereocenters. The van der Waals surface area contributed by atoms with E-state index in [0.29, 0.717) is 6.42 Å². The van der Waals surface area contributed by atoms with Crippen LogP contribution in [-0.4, -0.2) is 30.1 Å². The lowest BCUT2D eigenvalue weighted by Gasteiger charge is -2.08. The molecular weight excluding hydrogens is 306 g/mol. The van der Waals surface area contributed by atoms with Gasteiger partial charge in [-0.15, -0.1) is 0 Å². The molecule has 1 aromatic carbocycles. The van der Waals surface area contributed by atoms with Crippen LogP contribution in [-0.2, 0) is 22.3 Å². The number of carbonyl (C=O) groups is 2. The normalized spacial score (nSPS) is 10.2. The van der Waals surface area contributed by atoms with Crippen molar-refractivity contribution >= 4 is 11.9 Å². The zero-order valence-corrected chi connectivity index (χ0v) is 14.0. The van der Waals surface area contributed by atoms with Gasteiger partial charge < -0.3 is 9.47 Å². The summed E-state index contributed by atoms with van der Waals surface area (Å²) in [6.45, 7) is 3.96. The number of hydrogen-bond donors (Lipinski definition) is 0. The Morgan fingerprint density at radius 3 is 1.83 bits per heavy atom. The molecule has 0 aliphatic rings.